The molecule has 1 rings (SSSR count). The van der Waals surface area contributed by atoms with Crippen LogP contribution in [0, 0.1) is 13.8 Å². The molecule has 1 aromatic rings. The smallest absolute Gasteiger partial charge is 0.307 e. The Morgan fingerprint density at radius 3 is 2.62 bits per heavy atom. The van der Waals surface area contributed by atoms with Crippen LogP contribution in [0.2, 0.25) is 0 Å². The first kappa shape index (κ1) is 12.2. The first-order chi connectivity index (χ1) is 7.56. The number of carbonyl (C=O) groups excluding carboxylic acids is 2. The van der Waals surface area contributed by atoms with Crippen LogP contribution in [0.3, 0.4) is 0 Å². The van der Waals surface area contributed by atoms with Gasteiger partial charge in [-0.15, -0.1) is 0 Å². The molecule has 0 unspecified atom stereocenters. The second kappa shape index (κ2) is 5.29. The first-order valence-electron chi connectivity index (χ1n) is 4.92. The molecular weight excluding hydrogens is 210 g/mol. The fourth-order valence-corrected chi connectivity index (χ4v) is 1.35. The summed E-state index contributed by atoms with van der Waals surface area (Å²) in [4.78, 5) is 22.5. The van der Waals surface area contributed by atoms with Gasteiger partial charge in [-0.1, -0.05) is 0 Å². The number of rotatable bonds is 4. The molecule has 1 amide bonds. The molecule has 2 N–H and O–H groups in total. The zero-order chi connectivity index (χ0) is 12.1. The molecule has 1 aromatic heterocycles. The van der Waals surface area contributed by atoms with Gasteiger partial charge >= 0.3 is 5.97 Å². The molecular formula is C10H15N3O3. The molecule has 1 heterocycles. The van der Waals surface area contributed by atoms with Crippen LogP contribution in [0.15, 0.2) is 0 Å². The number of hydrogen-bond acceptors (Lipinski definition) is 4. The minimum Gasteiger partial charge on any atom is -0.469 e. The predicted molar refractivity (Wildman–Crippen MR) is 57.0 cm³/mol. The fraction of sp³-hybridized carbons (Fsp3) is 0.500. The molecule has 6 heteroatoms. The van der Waals surface area contributed by atoms with Gasteiger partial charge in [0.2, 0.25) is 0 Å². The SMILES string of the molecule is COC(=O)CCNC(=O)c1c(C)n[nH]c1C. The van der Waals surface area contributed by atoms with E-state index >= 15 is 0 Å². The lowest BCUT2D eigenvalue weighted by Gasteiger charge is -2.04. The van der Waals surface area contributed by atoms with Crippen LogP contribution >= 0.6 is 0 Å². The number of H-pyrrole nitrogens is 1. The average molecular weight is 225 g/mol. The molecule has 88 valence electrons. The van der Waals surface area contributed by atoms with Crippen molar-refractivity contribution in [2.45, 2.75) is 20.3 Å². The van der Waals surface area contributed by atoms with Crippen LogP contribution in [-0.4, -0.2) is 35.7 Å². The number of carbonyl (C=O) groups is 2. The monoisotopic (exact) mass is 225 g/mol. The van der Waals surface area contributed by atoms with Crippen molar-refractivity contribution in [3.63, 3.8) is 0 Å². The standard InChI is InChI=1S/C10H15N3O3/c1-6-9(7(2)13-12-6)10(15)11-5-4-8(14)16-3/h4-5H2,1-3H3,(H,11,15)(H,12,13). The highest BCUT2D eigenvalue weighted by Crippen LogP contribution is 2.08. The summed E-state index contributed by atoms with van der Waals surface area (Å²) < 4.78 is 4.46. The van der Waals surface area contributed by atoms with Crippen LogP contribution in [0.1, 0.15) is 28.2 Å². The second-order valence-electron chi connectivity index (χ2n) is 3.39. The number of hydrogen-bond donors (Lipinski definition) is 2. The van der Waals surface area contributed by atoms with E-state index < -0.39 is 0 Å². The third kappa shape index (κ3) is 2.82. The van der Waals surface area contributed by atoms with Crippen molar-refractivity contribution < 1.29 is 14.3 Å². The molecule has 16 heavy (non-hydrogen) atoms. The number of aromatic amines is 1. The van der Waals surface area contributed by atoms with Crippen molar-refractivity contribution >= 4 is 11.9 Å². The third-order valence-electron chi connectivity index (χ3n) is 2.20. The topological polar surface area (TPSA) is 84.1 Å². The Balaban J connectivity index is 2.50. The van der Waals surface area contributed by atoms with E-state index in [1.54, 1.807) is 13.8 Å². The quantitative estimate of drug-likeness (QED) is 0.723. The second-order valence-corrected chi connectivity index (χ2v) is 3.39. The number of nitrogens with one attached hydrogen (secondary N) is 2. The van der Waals surface area contributed by atoms with Crippen molar-refractivity contribution in [2.24, 2.45) is 0 Å². The van der Waals surface area contributed by atoms with Crippen LogP contribution in [0.4, 0.5) is 0 Å². The molecule has 0 saturated heterocycles. The summed E-state index contributed by atoms with van der Waals surface area (Å²) in [6.07, 6.45) is 0.165. The maximum atomic E-state index is 11.7. The predicted octanol–water partition coefficient (Wildman–Crippen LogP) is 0.319. The molecule has 0 bridgehead atoms. The lowest BCUT2D eigenvalue weighted by Crippen LogP contribution is -2.27. The van der Waals surface area contributed by atoms with E-state index in [-0.39, 0.29) is 24.8 Å². The summed E-state index contributed by atoms with van der Waals surface area (Å²) in [5.74, 6) is -0.575. The van der Waals surface area contributed by atoms with E-state index in [0.29, 0.717) is 17.0 Å². The maximum Gasteiger partial charge on any atom is 0.307 e. The van der Waals surface area contributed by atoms with E-state index in [2.05, 4.69) is 20.3 Å². The summed E-state index contributed by atoms with van der Waals surface area (Å²) in [6, 6.07) is 0. The number of aryl methyl sites for hydroxylation is 2. The molecule has 0 radical (unpaired) electrons. The average Bonchev–Trinajstić information content (AvgIpc) is 2.58. The molecule has 0 spiro atoms. The molecule has 6 nitrogen and oxygen atoms in total. The van der Waals surface area contributed by atoms with Crippen molar-refractivity contribution in [2.75, 3.05) is 13.7 Å². The normalized spacial score (nSPS) is 9.94. The minimum absolute atomic E-state index is 0.165. The lowest BCUT2D eigenvalue weighted by atomic mass is 10.2. The number of esters is 1. The summed E-state index contributed by atoms with van der Waals surface area (Å²) >= 11 is 0. The number of amides is 1. The summed E-state index contributed by atoms with van der Waals surface area (Å²) in [5.41, 5.74) is 1.89. The zero-order valence-corrected chi connectivity index (χ0v) is 9.59. The molecule has 0 aliphatic carbocycles. The largest absolute Gasteiger partial charge is 0.469 e. The fourth-order valence-electron chi connectivity index (χ4n) is 1.35. The van der Waals surface area contributed by atoms with Gasteiger partial charge < -0.3 is 10.1 Å². The van der Waals surface area contributed by atoms with Gasteiger partial charge in [0.1, 0.15) is 0 Å². The Bertz CT molecular complexity index is 379. The van der Waals surface area contributed by atoms with Crippen molar-refractivity contribution in [3.05, 3.63) is 17.0 Å². The zero-order valence-electron chi connectivity index (χ0n) is 9.59. The van der Waals surface area contributed by atoms with E-state index in [1.807, 2.05) is 0 Å². The molecule has 0 aliphatic rings. The highest BCUT2D eigenvalue weighted by atomic mass is 16.5. The van der Waals surface area contributed by atoms with Crippen LogP contribution in [-0.2, 0) is 9.53 Å². The summed E-state index contributed by atoms with van der Waals surface area (Å²) in [7, 11) is 1.31. The van der Waals surface area contributed by atoms with E-state index in [9.17, 15) is 9.59 Å². The van der Waals surface area contributed by atoms with Gasteiger partial charge in [0.15, 0.2) is 0 Å². The first-order valence-corrected chi connectivity index (χ1v) is 4.92. The van der Waals surface area contributed by atoms with Crippen LogP contribution in [0.5, 0.6) is 0 Å². The lowest BCUT2D eigenvalue weighted by molar-refractivity contribution is -0.140. The highest BCUT2D eigenvalue weighted by Gasteiger charge is 2.14. The summed E-state index contributed by atoms with van der Waals surface area (Å²) in [5, 5.41) is 9.28. The van der Waals surface area contributed by atoms with Crippen molar-refractivity contribution in [3.8, 4) is 0 Å². The van der Waals surface area contributed by atoms with Gasteiger partial charge in [0.25, 0.3) is 5.91 Å². The van der Waals surface area contributed by atoms with Crippen LogP contribution < -0.4 is 5.32 Å². The number of nitrogens with zero attached hydrogens (tertiary/aromatic N) is 1. The molecule has 0 atom stereocenters. The maximum absolute atomic E-state index is 11.7. The van der Waals surface area contributed by atoms with Gasteiger partial charge in [-0.25, -0.2) is 0 Å². The Hall–Kier alpha value is -1.85. The van der Waals surface area contributed by atoms with E-state index in [0.717, 1.165) is 0 Å². The van der Waals surface area contributed by atoms with Crippen LogP contribution in [0.25, 0.3) is 0 Å². The number of ether oxygens (including phenoxy) is 1. The van der Waals surface area contributed by atoms with Gasteiger partial charge in [-0.05, 0) is 13.8 Å². The van der Waals surface area contributed by atoms with E-state index in [1.165, 1.54) is 7.11 Å². The van der Waals surface area contributed by atoms with Gasteiger partial charge in [0.05, 0.1) is 24.8 Å². The Morgan fingerprint density at radius 2 is 2.12 bits per heavy atom. The van der Waals surface area contributed by atoms with Gasteiger partial charge in [0, 0.05) is 12.2 Å². The Morgan fingerprint density at radius 1 is 1.44 bits per heavy atom. The summed E-state index contributed by atoms with van der Waals surface area (Å²) in [6.45, 7) is 3.78. The molecule has 0 aliphatic heterocycles. The highest BCUT2D eigenvalue weighted by molar-refractivity contribution is 5.96. The van der Waals surface area contributed by atoms with Gasteiger partial charge in [-0.3, -0.25) is 14.7 Å². The third-order valence-corrected chi connectivity index (χ3v) is 2.20. The van der Waals surface area contributed by atoms with Crippen molar-refractivity contribution in [1.29, 1.82) is 0 Å². The number of aromatic nitrogens is 2. The Labute approximate surface area is 93.4 Å². The van der Waals surface area contributed by atoms with Gasteiger partial charge in [-0.2, -0.15) is 5.10 Å². The molecule has 0 saturated carbocycles. The molecule has 0 aromatic carbocycles. The minimum atomic E-state index is -0.346. The Kier molecular flexibility index (Phi) is 4.04. The van der Waals surface area contributed by atoms with E-state index in [4.69, 9.17) is 0 Å². The van der Waals surface area contributed by atoms with Crippen molar-refractivity contribution in [1.82, 2.24) is 15.5 Å². The molecule has 0 fully saturated rings. The number of methoxy groups -OCH3 is 1.